The van der Waals surface area contributed by atoms with Gasteiger partial charge in [0.2, 0.25) is 0 Å². The molecule has 80 valence electrons. The zero-order valence-electron chi connectivity index (χ0n) is 9.64. The maximum absolute atomic E-state index is 3.37. The lowest BCUT2D eigenvalue weighted by Gasteiger charge is -2.04. The Labute approximate surface area is 91.5 Å². The van der Waals surface area contributed by atoms with Crippen LogP contribution in [0, 0.1) is 0 Å². The first-order valence-corrected chi connectivity index (χ1v) is 5.94. The number of aryl methyl sites for hydroxylation is 2. The van der Waals surface area contributed by atoms with Gasteiger partial charge in [-0.25, -0.2) is 0 Å². The van der Waals surface area contributed by atoms with Gasteiger partial charge in [0.05, 0.1) is 0 Å². The van der Waals surface area contributed by atoms with Crippen molar-refractivity contribution in [3.05, 3.63) is 35.5 Å². The van der Waals surface area contributed by atoms with Crippen molar-refractivity contribution in [2.45, 2.75) is 39.5 Å². The maximum atomic E-state index is 3.37. The Hall–Kier alpha value is -1.24. The van der Waals surface area contributed by atoms with Crippen molar-refractivity contribution < 1.29 is 0 Å². The van der Waals surface area contributed by atoms with Crippen LogP contribution in [-0.2, 0) is 12.8 Å². The molecule has 0 atom stereocenters. The molecule has 0 amide bonds. The third-order valence-corrected chi connectivity index (χ3v) is 2.91. The van der Waals surface area contributed by atoms with Gasteiger partial charge >= 0.3 is 0 Å². The number of hydrogen-bond acceptors (Lipinski definition) is 0. The van der Waals surface area contributed by atoms with Crippen LogP contribution in [0.1, 0.15) is 37.8 Å². The predicted molar refractivity (Wildman–Crippen MR) is 66.3 cm³/mol. The molecule has 2 rings (SSSR count). The van der Waals surface area contributed by atoms with Crippen LogP contribution in [0.5, 0.6) is 0 Å². The second-order valence-electron chi connectivity index (χ2n) is 4.15. The van der Waals surface area contributed by atoms with E-state index in [2.05, 4.69) is 43.2 Å². The summed E-state index contributed by atoms with van der Waals surface area (Å²) in [5, 5.41) is 1.47. The van der Waals surface area contributed by atoms with E-state index in [1.165, 1.54) is 47.7 Å². The summed E-state index contributed by atoms with van der Waals surface area (Å²) in [5.41, 5.74) is 4.28. The van der Waals surface area contributed by atoms with E-state index in [-0.39, 0.29) is 0 Å². The number of fused-ring (bicyclic) bond motifs is 1. The number of rotatable bonds is 4. The molecular weight excluding hydrogens is 182 g/mol. The minimum atomic E-state index is 1.18. The summed E-state index contributed by atoms with van der Waals surface area (Å²) in [6, 6.07) is 6.59. The van der Waals surface area contributed by atoms with E-state index in [9.17, 15) is 0 Å². The second-order valence-corrected chi connectivity index (χ2v) is 4.15. The van der Waals surface area contributed by atoms with Gasteiger partial charge in [-0.3, -0.25) is 0 Å². The molecule has 1 aromatic heterocycles. The summed E-state index contributed by atoms with van der Waals surface area (Å²) in [6.07, 6.45) is 6.98. The van der Waals surface area contributed by atoms with E-state index in [4.69, 9.17) is 0 Å². The normalized spacial score (nSPS) is 11.1. The summed E-state index contributed by atoms with van der Waals surface area (Å²) < 4.78 is 0. The average molecular weight is 201 g/mol. The van der Waals surface area contributed by atoms with Crippen molar-refractivity contribution in [1.82, 2.24) is 4.98 Å². The van der Waals surface area contributed by atoms with Crippen LogP contribution in [0.2, 0.25) is 0 Å². The molecular formula is C14H19N. The molecule has 1 N–H and O–H groups in total. The molecule has 15 heavy (non-hydrogen) atoms. The first-order chi connectivity index (χ1) is 7.36. The fourth-order valence-electron chi connectivity index (χ4n) is 2.28. The van der Waals surface area contributed by atoms with E-state index in [0.29, 0.717) is 0 Å². The Morgan fingerprint density at radius 1 is 1.00 bits per heavy atom. The van der Waals surface area contributed by atoms with Crippen molar-refractivity contribution in [3.8, 4) is 0 Å². The summed E-state index contributed by atoms with van der Waals surface area (Å²) in [5.74, 6) is 0. The molecule has 0 saturated carbocycles. The largest absolute Gasteiger partial charge is 0.361 e. The Bertz CT molecular complexity index is 440. The fraction of sp³-hybridized carbons (Fsp3) is 0.429. The molecule has 1 heterocycles. The second kappa shape index (κ2) is 4.52. The van der Waals surface area contributed by atoms with Crippen molar-refractivity contribution >= 4 is 10.9 Å². The van der Waals surface area contributed by atoms with Gasteiger partial charge in [0.25, 0.3) is 0 Å². The highest BCUT2D eigenvalue weighted by Gasteiger charge is 2.06. The van der Waals surface area contributed by atoms with Gasteiger partial charge < -0.3 is 4.98 Å². The molecule has 0 bridgehead atoms. The third-order valence-electron chi connectivity index (χ3n) is 2.91. The smallest absolute Gasteiger partial charge is 0.0459 e. The molecule has 0 fully saturated rings. The minimum absolute atomic E-state index is 1.18. The zero-order valence-corrected chi connectivity index (χ0v) is 9.64. The monoisotopic (exact) mass is 201 g/mol. The van der Waals surface area contributed by atoms with Gasteiger partial charge in [-0.05, 0) is 30.0 Å². The van der Waals surface area contributed by atoms with E-state index in [1.807, 2.05) is 0 Å². The molecule has 2 aromatic rings. The molecule has 0 spiro atoms. The topological polar surface area (TPSA) is 15.8 Å². The van der Waals surface area contributed by atoms with Crippen LogP contribution in [0.25, 0.3) is 10.9 Å². The molecule has 1 nitrogen and oxygen atoms in total. The van der Waals surface area contributed by atoms with E-state index >= 15 is 0 Å². The number of aromatic nitrogens is 1. The number of nitrogens with one attached hydrogen (secondary N) is 1. The third kappa shape index (κ3) is 1.92. The van der Waals surface area contributed by atoms with Crippen molar-refractivity contribution in [2.75, 3.05) is 0 Å². The van der Waals surface area contributed by atoms with Crippen molar-refractivity contribution in [2.24, 2.45) is 0 Å². The highest BCUT2D eigenvalue weighted by atomic mass is 14.7. The quantitative estimate of drug-likeness (QED) is 0.767. The van der Waals surface area contributed by atoms with Crippen molar-refractivity contribution in [3.63, 3.8) is 0 Å². The van der Waals surface area contributed by atoms with Gasteiger partial charge in [0.15, 0.2) is 0 Å². The number of benzene rings is 1. The van der Waals surface area contributed by atoms with E-state index in [0.717, 1.165) is 0 Å². The Kier molecular flexibility index (Phi) is 3.10. The van der Waals surface area contributed by atoms with Gasteiger partial charge in [-0.2, -0.15) is 0 Å². The number of aromatic amines is 1. The molecule has 0 aliphatic rings. The zero-order chi connectivity index (χ0) is 10.7. The molecule has 1 aromatic carbocycles. The first-order valence-electron chi connectivity index (χ1n) is 5.94. The number of hydrogen-bond donors (Lipinski definition) is 1. The molecule has 1 heteroatoms. The lowest BCUT2D eigenvalue weighted by atomic mass is 10.0. The number of H-pyrrole nitrogens is 1. The van der Waals surface area contributed by atoms with Crippen LogP contribution >= 0.6 is 0 Å². The van der Waals surface area contributed by atoms with E-state index < -0.39 is 0 Å². The van der Waals surface area contributed by atoms with Crippen LogP contribution in [0.15, 0.2) is 24.4 Å². The summed E-state index contributed by atoms with van der Waals surface area (Å²) in [6.45, 7) is 4.48. The molecule has 0 unspecified atom stereocenters. The highest BCUT2D eigenvalue weighted by Crippen LogP contribution is 2.24. The van der Waals surface area contributed by atoms with Crippen LogP contribution < -0.4 is 0 Å². The first kappa shape index (κ1) is 10.3. The van der Waals surface area contributed by atoms with Gasteiger partial charge in [-0.15, -0.1) is 0 Å². The lowest BCUT2D eigenvalue weighted by Crippen LogP contribution is -1.87. The minimum Gasteiger partial charge on any atom is -0.361 e. The lowest BCUT2D eigenvalue weighted by molar-refractivity contribution is 0.914. The molecule has 0 aliphatic heterocycles. The van der Waals surface area contributed by atoms with Gasteiger partial charge in [-0.1, -0.05) is 38.8 Å². The standard InChI is InChI=1S/C14H19N/c1-3-6-11-8-5-9-13-14(11)12(7-4-2)10-15-13/h5,8-10,15H,3-4,6-7H2,1-2H3. The van der Waals surface area contributed by atoms with Crippen LogP contribution in [0.3, 0.4) is 0 Å². The summed E-state index contributed by atoms with van der Waals surface area (Å²) in [7, 11) is 0. The highest BCUT2D eigenvalue weighted by molar-refractivity contribution is 5.86. The van der Waals surface area contributed by atoms with Gasteiger partial charge in [0.1, 0.15) is 0 Å². The maximum Gasteiger partial charge on any atom is 0.0459 e. The van der Waals surface area contributed by atoms with E-state index in [1.54, 1.807) is 0 Å². The molecule has 0 radical (unpaired) electrons. The van der Waals surface area contributed by atoms with Crippen molar-refractivity contribution in [1.29, 1.82) is 0 Å². The summed E-state index contributed by atoms with van der Waals surface area (Å²) >= 11 is 0. The molecule has 0 aliphatic carbocycles. The SMILES string of the molecule is CCCc1cccc2[nH]cc(CCC)c12. The Morgan fingerprint density at radius 2 is 1.73 bits per heavy atom. The van der Waals surface area contributed by atoms with Gasteiger partial charge in [0, 0.05) is 17.1 Å². The Balaban J connectivity index is 2.53. The predicted octanol–water partition coefficient (Wildman–Crippen LogP) is 4.07. The van der Waals surface area contributed by atoms with Crippen LogP contribution in [-0.4, -0.2) is 4.98 Å². The summed E-state index contributed by atoms with van der Waals surface area (Å²) in [4.78, 5) is 3.37. The Morgan fingerprint density at radius 3 is 2.47 bits per heavy atom. The fourth-order valence-corrected chi connectivity index (χ4v) is 2.28. The average Bonchev–Trinajstić information content (AvgIpc) is 2.64. The molecule has 0 saturated heterocycles. The van der Waals surface area contributed by atoms with Crippen LogP contribution in [0.4, 0.5) is 0 Å².